The SMILES string of the molecule is CC(=O)CONc1ccc(-c2ccc(NOC(C)=O)cc2)cc1. The summed E-state index contributed by atoms with van der Waals surface area (Å²) in [5.41, 5.74) is 8.79. The minimum atomic E-state index is -0.399. The summed E-state index contributed by atoms with van der Waals surface area (Å²) < 4.78 is 0. The first-order valence-corrected chi connectivity index (χ1v) is 7.06. The maximum absolute atomic E-state index is 10.8. The van der Waals surface area contributed by atoms with Crippen molar-refractivity contribution in [1.82, 2.24) is 0 Å². The standard InChI is InChI=1S/C17H18N2O4/c1-12(20)11-22-18-16-7-3-14(4-8-16)15-5-9-17(10-6-15)19-23-13(2)21/h3-10,18-19H,11H2,1-2H3. The normalized spacial score (nSPS) is 10.0. The molecule has 120 valence electrons. The summed E-state index contributed by atoms with van der Waals surface area (Å²) in [5, 5.41) is 0. The lowest BCUT2D eigenvalue weighted by Crippen LogP contribution is -2.08. The first-order chi connectivity index (χ1) is 11.0. The highest BCUT2D eigenvalue weighted by Crippen LogP contribution is 2.23. The molecule has 6 heteroatoms. The third kappa shape index (κ3) is 5.44. The number of rotatable bonds is 7. The Morgan fingerprint density at radius 1 is 0.826 bits per heavy atom. The van der Waals surface area contributed by atoms with Crippen molar-refractivity contribution in [3.8, 4) is 11.1 Å². The van der Waals surface area contributed by atoms with Crippen LogP contribution in [0.3, 0.4) is 0 Å². The summed E-state index contributed by atoms with van der Waals surface area (Å²) in [6.07, 6.45) is 0. The summed E-state index contributed by atoms with van der Waals surface area (Å²) in [5.74, 6) is -0.444. The van der Waals surface area contributed by atoms with Crippen molar-refractivity contribution < 1.29 is 19.3 Å². The van der Waals surface area contributed by atoms with Crippen LogP contribution in [-0.2, 0) is 19.3 Å². The molecule has 0 atom stereocenters. The lowest BCUT2D eigenvalue weighted by atomic mass is 10.1. The van der Waals surface area contributed by atoms with Crippen LogP contribution in [0.25, 0.3) is 11.1 Å². The summed E-state index contributed by atoms with van der Waals surface area (Å²) in [4.78, 5) is 31.3. The van der Waals surface area contributed by atoms with E-state index in [0.29, 0.717) is 5.69 Å². The van der Waals surface area contributed by atoms with Gasteiger partial charge < -0.3 is 4.84 Å². The molecule has 0 saturated heterocycles. The van der Waals surface area contributed by atoms with Gasteiger partial charge in [-0.15, -0.1) is 0 Å². The number of anilines is 2. The van der Waals surface area contributed by atoms with Gasteiger partial charge in [0, 0.05) is 6.92 Å². The van der Waals surface area contributed by atoms with Crippen molar-refractivity contribution in [1.29, 1.82) is 0 Å². The van der Waals surface area contributed by atoms with Crippen LogP contribution in [0.15, 0.2) is 48.5 Å². The van der Waals surface area contributed by atoms with Gasteiger partial charge in [0.1, 0.15) is 6.61 Å². The molecular weight excluding hydrogens is 296 g/mol. The Kier molecular flexibility index (Phi) is 5.71. The Labute approximate surface area is 134 Å². The van der Waals surface area contributed by atoms with Crippen molar-refractivity contribution in [2.75, 3.05) is 17.6 Å². The van der Waals surface area contributed by atoms with E-state index in [4.69, 9.17) is 9.68 Å². The molecule has 2 aromatic rings. The fourth-order valence-electron chi connectivity index (χ4n) is 1.81. The van der Waals surface area contributed by atoms with Gasteiger partial charge in [0.2, 0.25) is 0 Å². The monoisotopic (exact) mass is 314 g/mol. The Bertz CT molecular complexity index is 666. The van der Waals surface area contributed by atoms with Gasteiger partial charge in [-0.3, -0.25) is 19.9 Å². The number of benzene rings is 2. The Morgan fingerprint density at radius 2 is 1.30 bits per heavy atom. The van der Waals surface area contributed by atoms with Crippen LogP contribution in [0.2, 0.25) is 0 Å². The topological polar surface area (TPSA) is 76.7 Å². The van der Waals surface area contributed by atoms with Gasteiger partial charge >= 0.3 is 5.97 Å². The Hall–Kier alpha value is -2.86. The van der Waals surface area contributed by atoms with Crippen LogP contribution >= 0.6 is 0 Å². The van der Waals surface area contributed by atoms with Gasteiger partial charge in [-0.1, -0.05) is 24.3 Å². The molecule has 0 spiro atoms. The third-order valence-corrected chi connectivity index (χ3v) is 2.88. The second-order valence-electron chi connectivity index (χ2n) is 4.94. The molecule has 0 unspecified atom stereocenters. The van der Waals surface area contributed by atoms with E-state index in [1.54, 1.807) is 0 Å². The zero-order valence-electron chi connectivity index (χ0n) is 13.0. The van der Waals surface area contributed by atoms with E-state index < -0.39 is 5.97 Å². The van der Waals surface area contributed by atoms with Gasteiger partial charge in [-0.25, -0.2) is 5.48 Å². The first-order valence-electron chi connectivity index (χ1n) is 7.06. The van der Waals surface area contributed by atoms with Gasteiger partial charge in [-0.05, 0) is 42.3 Å². The fraction of sp³-hybridized carbons (Fsp3) is 0.176. The molecule has 6 nitrogen and oxygen atoms in total. The zero-order valence-corrected chi connectivity index (χ0v) is 13.0. The molecule has 0 fully saturated rings. The van der Waals surface area contributed by atoms with E-state index >= 15 is 0 Å². The molecular formula is C17H18N2O4. The van der Waals surface area contributed by atoms with E-state index in [1.807, 2.05) is 48.5 Å². The minimum Gasteiger partial charge on any atom is -0.344 e. The molecule has 0 bridgehead atoms. The average Bonchev–Trinajstić information content (AvgIpc) is 2.54. The lowest BCUT2D eigenvalue weighted by molar-refractivity contribution is -0.138. The second-order valence-corrected chi connectivity index (χ2v) is 4.94. The number of nitrogens with one attached hydrogen (secondary N) is 2. The summed E-state index contributed by atoms with van der Waals surface area (Å²) in [7, 11) is 0. The van der Waals surface area contributed by atoms with Crippen LogP contribution in [0.1, 0.15) is 13.8 Å². The van der Waals surface area contributed by atoms with Crippen LogP contribution in [0, 0.1) is 0 Å². The molecule has 0 amide bonds. The molecule has 0 radical (unpaired) electrons. The number of hydrogen-bond acceptors (Lipinski definition) is 6. The number of ketones is 1. The highest BCUT2D eigenvalue weighted by Gasteiger charge is 2.01. The molecule has 0 heterocycles. The van der Waals surface area contributed by atoms with Crippen LogP contribution in [0.5, 0.6) is 0 Å². The number of Topliss-reactive ketones (excluding diaryl/α,β-unsaturated/α-hetero) is 1. The maximum Gasteiger partial charge on any atom is 0.329 e. The number of carbonyl (C=O) groups is 2. The molecule has 2 aromatic carbocycles. The molecule has 0 aliphatic heterocycles. The molecule has 0 aliphatic rings. The van der Waals surface area contributed by atoms with Crippen LogP contribution in [0.4, 0.5) is 11.4 Å². The fourth-order valence-corrected chi connectivity index (χ4v) is 1.81. The first kappa shape index (κ1) is 16.5. The predicted molar refractivity (Wildman–Crippen MR) is 87.5 cm³/mol. The molecule has 23 heavy (non-hydrogen) atoms. The number of carbonyl (C=O) groups excluding carboxylic acids is 2. The number of hydrogen-bond donors (Lipinski definition) is 2. The van der Waals surface area contributed by atoms with E-state index in [-0.39, 0.29) is 12.4 Å². The van der Waals surface area contributed by atoms with Crippen LogP contribution < -0.4 is 11.0 Å². The Morgan fingerprint density at radius 3 is 1.74 bits per heavy atom. The molecule has 0 saturated carbocycles. The van der Waals surface area contributed by atoms with Crippen molar-refractivity contribution in [3.05, 3.63) is 48.5 Å². The third-order valence-electron chi connectivity index (χ3n) is 2.88. The summed E-state index contributed by atoms with van der Waals surface area (Å²) >= 11 is 0. The predicted octanol–water partition coefficient (Wildman–Crippen LogP) is 3.18. The van der Waals surface area contributed by atoms with E-state index in [0.717, 1.165) is 16.8 Å². The average molecular weight is 314 g/mol. The van der Waals surface area contributed by atoms with Gasteiger partial charge in [0.05, 0.1) is 11.4 Å². The quantitative estimate of drug-likeness (QED) is 0.764. The zero-order chi connectivity index (χ0) is 16.7. The van der Waals surface area contributed by atoms with E-state index in [1.165, 1.54) is 13.8 Å². The van der Waals surface area contributed by atoms with Gasteiger partial charge in [0.25, 0.3) is 0 Å². The summed E-state index contributed by atoms with van der Waals surface area (Å²) in [6, 6.07) is 15.1. The minimum absolute atomic E-state index is 0.0263. The van der Waals surface area contributed by atoms with E-state index in [9.17, 15) is 9.59 Å². The summed E-state index contributed by atoms with van der Waals surface area (Å²) in [6.45, 7) is 2.82. The molecule has 0 aliphatic carbocycles. The highest BCUT2D eigenvalue weighted by atomic mass is 16.7. The van der Waals surface area contributed by atoms with Gasteiger partial charge in [-0.2, -0.15) is 0 Å². The van der Waals surface area contributed by atoms with Crippen molar-refractivity contribution in [2.45, 2.75) is 13.8 Å². The molecule has 2 rings (SSSR count). The molecule has 2 N–H and O–H groups in total. The smallest absolute Gasteiger partial charge is 0.329 e. The maximum atomic E-state index is 10.8. The largest absolute Gasteiger partial charge is 0.344 e. The van der Waals surface area contributed by atoms with Gasteiger partial charge in [0.15, 0.2) is 5.78 Å². The van der Waals surface area contributed by atoms with Crippen LogP contribution in [-0.4, -0.2) is 18.4 Å². The Balaban J connectivity index is 1.96. The lowest BCUT2D eigenvalue weighted by Gasteiger charge is -2.08. The highest BCUT2D eigenvalue weighted by molar-refractivity contribution is 5.76. The van der Waals surface area contributed by atoms with Crippen molar-refractivity contribution in [3.63, 3.8) is 0 Å². The van der Waals surface area contributed by atoms with Crippen molar-refractivity contribution >= 4 is 23.1 Å². The van der Waals surface area contributed by atoms with E-state index in [2.05, 4.69) is 11.0 Å². The molecule has 0 aromatic heterocycles. The van der Waals surface area contributed by atoms with Crippen molar-refractivity contribution in [2.24, 2.45) is 0 Å². The second kappa shape index (κ2) is 7.95.